The second kappa shape index (κ2) is 9.01. The molecule has 134 valence electrons. The molecule has 1 N–H and O–H groups in total. The molecule has 1 aliphatic carbocycles. The molecule has 0 unspecified atom stereocenters. The van der Waals surface area contributed by atoms with Gasteiger partial charge in [-0.25, -0.2) is 4.79 Å². The first kappa shape index (κ1) is 18.7. The molecule has 1 amide bonds. The van der Waals surface area contributed by atoms with Crippen LogP contribution in [-0.4, -0.2) is 30.6 Å². The molecule has 0 aromatic heterocycles. The highest BCUT2D eigenvalue weighted by molar-refractivity contribution is 5.94. The third-order valence-electron chi connectivity index (χ3n) is 3.70. The predicted molar refractivity (Wildman–Crippen MR) is 93.1 cm³/mol. The first-order valence-corrected chi connectivity index (χ1v) is 8.38. The highest BCUT2D eigenvalue weighted by Gasteiger charge is 2.21. The van der Waals surface area contributed by atoms with Gasteiger partial charge in [-0.3, -0.25) is 9.59 Å². The molecule has 0 saturated carbocycles. The molecule has 0 saturated heterocycles. The van der Waals surface area contributed by atoms with Crippen LogP contribution >= 0.6 is 0 Å². The standard InChI is InChI=1S/C19H23NO5/c1-13(2)25-19(23)15-8-10-16(11-9-15)20-17(21)12-24-18(22)14-6-4-3-5-7-14/h3-4,8-11,13-14H,5-7,12H2,1-2H3,(H,20,21)/t14-/m1/s1. The number of hydrogen-bond donors (Lipinski definition) is 1. The number of ether oxygens (including phenoxy) is 2. The van der Waals surface area contributed by atoms with E-state index in [0.29, 0.717) is 17.7 Å². The molecule has 0 bridgehead atoms. The average molecular weight is 345 g/mol. The fourth-order valence-corrected chi connectivity index (χ4v) is 2.43. The van der Waals surface area contributed by atoms with Gasteiger partial charge in [-0.05, 0) is 57.4 Å². The lowest BCUT2D eigenvalue weighted by molar-refractivity contribution is -0.151. The zero-order valence-corrected chi connectivity index (χ0v) is 14.5. The van der Waals surface area contributed by atoms with Gasteiger partial charge in [0.05, 0.1) is 17.6 Å². The van der Waals surface area contributed by atoms with E-state index in [2.05, 4.69) is 5.32 Å². The first-order chi connectivity index (χ1) is 12.0. The Morgan fingerprint density at radius 1 is 1.16 bits per heavy atom. The van der Waals surface area contributed by atoms with Crippen molar-refractivity contribution < 1.29 is 23.9 Å². The zero-order chi connectivity index (χ0) is 18.2. The van der Waals surface area contributed by atoms with Gasteiger partial charge in [-0.2, -0.15) is 0 Å². The maximum atomic E-state index is 11.9. The van der Waals surface area contributed by atoms with Crippen LogP contribution in [0.5, 0.6) is 0 Å². The second-order valence-corrected chi connectivity index (χ2v) is 6.17. The summed E-state index contributed by atoms with van der Waals surface area (Å²) < 4.78 is 10.2. The largest absolute Gasteiger partial charge is 0.459 e. The van der Waals surface area contributed by atoms with Crippen LogP contribution in [-0.2, 0) is 19.1 Å². The second-order valence-electron chi connectivity index (χ2n) is 6.17. The number of benzene rings is 1. The fourth-order valence-electron chi connectivity index (χ4n) is 2.43. The van der Waals surface area contributed by atoms with E-state index >= 15 is 0 Å². The molecular formula is C19H23NO5. The lowest BCUT2D eigenvalue weighted by Crippen LogP contribution is -2.25. The highest BCUT2D eigenvalue weighted by Crippen LogP contribution is 2.19. The topological polar surface area (TPSA) is 81.7 Å². The van der Waals surface area contributed by atoms with Crippen LogP contribution in [0, 0.1) is 5.92 Å². The molecule has 6 heteroatoms. The minimum absolute atomic E-state index is 0.163. The maximum Gasteiger partial charge on any atom is 0.338 e. The fraction of sp³-hybridized carbons (Fsp3) is 0.421. The van der Waals surface area contributed by atoms with Crippen molar-refractivity contribution >= 4 is 23.5 Å². The van der Waals surface area contributed by atoms with Gasteiger partial charge >= 0.3 is 11.9 Å². The van der Waals surface area contributed by atoms with Crippen molar-refractivity contribution in [2.24, 2.45) is 5.92 Å². The smallest absolute Gasteiger partial charge is 0.338 e. The van der Waals surface area contributed by atoms with Crippen LogP contribution in [0.2, 0.25) is 0 Å². The van der Waals surface area contributed by atoms with Gasteiger partial charge in [0.2, 0.25) is 0 Å². The van der Waals surface area contributed by atoms with E-state index in [4.69, 9.17) is 9.47 Å². The molecule has 25 heavy (non-hydrogen) atoms. The van der Waals surface area contributed by atoms with Crippen molar-refractivity contribution in [3.05, 3.63) is 42.0 Å². The minimum Gasteiger partial charge on any atom is -0.459 e. The number of amides is 1. The molecule has 1 aromatic carbocycles. The van der Waals surface area contributed by atoms with Crippen LogP contribution in [0.1, 0.15) is 43.5 Å². The molecule has 0 aliphatic heterocycles. The van der Waals surface area contributed by atoms with Crippen molar-refractivity contribution in [2.45, 2.75) is 39.2 Å². The molecule has 1 aliphatic rings. The number of nitrogens with one attached hydrogen (secondary N) is 1. The van der Waals surface area contributed by atoms with E-state index in [9.17, 15) is 14.4 Å². The summed E-state index contributed by atoms with van der Waals surface area (Å²) in [4.78, 5) is 35.5. The van der Waals surface area contributed by atoms with Gasteiger partial charge in [-0.15, -0.1) is 0 Å². The number of rotatable bonds is 6. The van der Waals surface area contributed by atoms with E-state index in [1.54, 1.807) is 38.1 Å². The molecule has 1 atom stereocenters. The summed E-state index contributed by atoms with van der Waals surface area (Å²) in [5.41, 5.74) is 0.922. The Labute approximate surface area is 147 Å². The summed E-state index contributed by atoms with van der Waals surface area (Å²) in [7, 11) is 0. The number of allylic oxidation sites excluding steroid dienone is 2. The Hall–Kier alpha value is -2.63. The monoisotopic (exact) mass is 345 g/mol. The Morgan fingerprint density at radius 2 is 1.88 bits per heavy atom. The zero-order valence-electron chi connectivity index (χ0n) is 14.5. The molecule has 2 rings (SSSR count). The lowest BCUT2D eigenvalue weighted by Gasteiger charge is -2.16. The third kappa shape index (κ3) is 6.06. The predicted octanol–water partition coefficient (Wildman–Crippen LogP) is 3.09. The molecular weight excluding hydrogens is 322 g/mol. The van der Waals surface area contributed by atoms with Crippen molar-refractivity contribution in [3.63, 3.8) is 0 Å². The molecule has 1 aromatic rings. The summed E-state index contributed by atoms with van der Waals surface area (Å²) in [6.07, 6.45) is 6.08. The van der Waals surface area contributed by atoms with Crippen LogP contribution in [0.15, 0.2) is 36.4 Å². The summed E-state index contributed by atoms with van der Waals surface area (Å²) in [6, 6.07) is 6.34. The van der Waals surface area contributed by atoms with Crippen molar-refractivity contribution in [1.82, 2.24) is 0 Å². The normalized spacial score (nSPS) is 16.4. The summed E-state index contributed by atoms with van der Waals surface area (Å²) >= 11 is 0. The summed E-state index contributed by atoms with van der Waals surface area (Å²) in [6.45, 7) is 3.23. The Morgan fingerprint density at radius 3 is 2.48 bits per heavy atom. The maximum absolute atomic E-state index is 11.9. The van der Waals surface area contributed by atoms with Crippen molar-refractivity contribution in [2.75, 3.05) is 11.9 Å². The van der Waals surface area contributed by atoms with Gasteiger partial charge in [0.25, 0.3) is 5.91 Å². The SMILES string of the molecule is CC(C)OC(=O)c1ccc(NC(=O)COC(=O)[C@@H]2CC=CCC2)cc1. The molecule has 0 heterocycles. The number of anilines is 1. The van der Waals surface area contributed by atoms with E-state index in [-0.39, 0.29) is 24.6 Å². The third-order valence-corrected chi connectivity index (χ3v) is 3.70. The number of carbonyl (C=O) groups is 3. The Bertz CT molecular complexity index is 648. The van der Waals surface area contributed by atoms with E-state index in [1.165, 1.54) is 0 Å². The quantitative estimate of drug-likeness (QED) is 0.633. The van der Waals surface area contributed by atoms with Gasteiger partial charge < -0.3 is 14.8 Å². The molecule has 0 fully saturated rings. The number of hydrogen-bond acceptors (Lipinski definition) is 5. The van der Waals surface area contributed by atoms with E-state index in [0.717, 1.165) is 12.8 Å². The van der Waals surface area contributed by atoms with Gasteiger partial charge in [0, 0.05) is 5.69 Å². The van der Waals surface area contributed by atoms with Crippen LogP contribution in [0.3, 0.4) is 0 Å². The number of esters is 2. The first-order valence-electron chi connectivity index (χ1n) is 8.38. The van der Waals surface area contributed by atoms with Crippen LogP contribution < -0.4 is 5.32 Å². The Balaban J connectivity index is 1.79. The highest BCUT2D eigenvalue weighted by atomic mass is 16.5. The minimum atomic E-state index is -0.419. The Kier molecular flexibility index (Phi) is 6.74. The molecule has 6 nitrogen and oxygen atoms in total. The average Bonchev–Trinajstić information content (AvgIpc) is 2.60. The van der Waals surface area contributed by atoms with Gasteiger partial charge in [-0.1, -0.05) is 12.2 Å². The summed E-state index contributed by atoms with van der Waals surface area (Å²) in [5, 5.41) is 2.62. The van der Waals surface area contributed by atoms with Crippen LogP contribution in [0.4, 0.5) is 5.69 Å². The van der Waals surface area contributed by atoms with E-state index < -0.39 is 11.9 Å². The van der Waals surface area contributed by atoms with Crippen molar-refractivity contribution in [3.8, 4) is 0 Å². The lowest BCUT2D eigenvalue weighted by atomic mass is 9.95. The summed E-state index contributed by atoms with van der Waals surface area (Å²) in [5.74, 6) is -1.34. The number of carbonyl (C=O) groups excluding carboxylic acids is 3. The molecule has 0 spiro atoms. The van der Waals surface area contributed by atoms with Gasteiger partial charge in [0.15, 0.2) is 6.61 Å². The van der Waals surface area contributed by atoms with Gasteiger partial charge in [0.1, 0.15) is 0 Å². The van der Waals surface area contributed by atoms with Crippen LogP contribution in [0.25, 0.3) is 0 Å². The van der Waals surface area contributed by atoms with Crippen molar-refractivity contribution in [1.29, 1.82) is 0 Å². The molecule has 0 radical (unpaired) electrons. The van der Waals surface area contributed by atoms with E-state index in [1.807, 2.05) is 12.2 Å².